The number of benzene rings is 1. The van der Waals surface area contributed by atoms with Gasteiger partial charge in [-0.15, -0.1) is 12.4 Å². The van der Waals surface area contributed by atoms with Gasteiger partial charge in [0.15, 0.2) is 0 Å². The molecule has 1 fully saturated rings. The molecule has 2 heterocycles. The van der Waals surface area contributed by atoms with Gasteiger partial charge in [0, 0.05) is 18.1 Å². The minimum atomic E-state index is -0.657. The molecular formula is C21H31ClN4O3. The van der Waals surface area contributed by atoms with Crippen molar-refractivity contribution in [1.82, 2.24) is 15.1 Å². The average molecular weight is 423 g/mol. The fourth-order valence-electron chi connectivity index (χ4n) is 3.44. The predicted octanol–water partition coefficient (Wildman–Crippen LogP) is 2.96. The van der Waals surface area contributed by atoms with Gasteiger partial charge in [0.05, 0.1) is 25.9 Å². The third-order valence-electron chi connectivity index (χ3n) is 4.93. The van der Waals surface area contributed by atoms with Gasteiger partial charge >= 0.3 is 0 Å². The van der Waals surface area contributed by atoms with Crippen molar-refractivity contribution in [3.8, 4) is 0 Å². The van der Waals surface area contributed by atoms with E-state index in [1.54, 1.807) is 10.9 Å². The van der Waals surface area contributed by atoms with E-state index >= 15 is 0 Å². The molecule has 0 unspecified atom stereocenters. The molecule has 8 heteroatoms. The largest absolute Gasteiger partial charge is 0.376 e. The number of carbonyl (C=O) groups is 1. The van der Waals surface area contributed by atoms with Crippen LogP contribution in [0, 0.1) is 0 Å². The first-order valence-electron chi connectivity index (χ1n) is 9.91. The van der Waals surface area contributed by atoms with E-state index < -0.39 is 5.54 Å². The lowest BCUT2D eigenvalue weighted by molar-refractivity contribution is -0.126. The van der Waals surface area contributed by atoms with E-state index in [2.05, 4.69) is 15.7 Å². The molecule has 0 saturated carbocycles. The highest BCUT2D eigenvalue weighted by molar-refractivity contribution is 5.96. The summed E-state index contributed by atoms with van der Waals surface area (Å²) in [5, 5.41) is 10.8. The topological polar surface area (TPSA) is 77.4 Å². The van der Waals surface area contributed by atoms with Gasteiger partial charge in [-0.25, -0.2) is 0 Å². The molecule has 2 aromatic rings. The Bertz CT molecular complexity index is 746. The second-order valence-electron chi connectivity index (χ2n) is 7.36. The maximum atomic E-state index is 13.2. The van der Waals surface area contributed by atoms with E-state index in [0.29, 0.717) is 32.7 Å². The lowest BCUT2D eigenvalue weighted by Crippen LogP contribution is -2.52. The van der Waals surface area contributed by atoms with Gasteiger partial charge in [-0.05, 0) is 63.5 Å². The van der Waals surface area contributed by atoms with E-state index in [1.165, 1.54) is 0 Å². The summed E-state index contributed by atoms with van der Waals surface area (Å²) in [5.74, 6) is -0.0268. The Labute approximate surface area is 178 Å². The maximum absolute atomic E-state index is 13.2. The van der Waals surface area contributed by atoms with Crippen LogP contribution in [0.25, 0.3) is 0 Å². The van der Waals surface area contributed by atoms with Crippen molar-refractivity contribution >= 4 is 24.0 Å². The zero-order chi connectivity index (χ0) is 19.8. The highest BCUT2D eigenvalue weighted by atomic mass is 35.5. The van der Waals surface area contributed by atoms with E-state index in [4.69, 9.17) is 9.47 Å². The third kappa shape index (κ3) is 6.27. The molecule has 29 heavy (non-hydrogen) atoms. The van der Waals surface area contributed by atoms with Crippen LogP contribution in [0.3, 0.4) is 0 Å². The van der Waals surface area contributed by atoms with Crippen LogP contribution in [0.5, 0.6) is 0 Å². The Kier molecular flexibility index (Phi) is 9.10. The predicted molar refractivity (Wildman–Crippen MR) is 115 cm³/mol. The molecule has 3 rings (SSSR count). The fraction of sp³-hybridized carbons (Fsp3) is 0.524. The number of aromatic nitrogens is 2. The number of carbonyl (C=O) groups excluding carboxylic acids is 1. The molecule has 1 saturated heterocycles. The lowest BCUT2D eigenvalue weighted by atomic mass is 9.87. The summed E-state index contributed by atoms with van der Waals surface area (Å²) in [7, 11) is 0. The fourth-order valence-corrected chi connectivity index (χ4v) is 3.44. The molecule has 0 radical (unpaired) electrons. The molecule has 0 bridgehead atoms. The van der Waals surface area contributed by atoms with Gasteiger partial charge in [-0.2, -0.15) is 5.10 Å². The number of halogens is 1. The minimum absolute atomic E-state index is 0. The Morgan fingerprint density at radius 3 is 2.76 bits per heavy atom. The first kappa shape index (κ1) is 23.3. The number of hydrogen-bond donors (Lipinski definition) is 2. The van der Waals surface area contributed by atoms with Gasteiger partial charge in [-0.3, -0.25) is 9.48 Å². The van der Waals surface area contributed by atoms with Crippen molar-refractivity contribution in [3.63, 3.8) is 0 Å². The van der Waals surface area contributed by atoms with Crippen LogP contribution in [0.4, 0.5) is 5.69 Å². The number of anilines is 1. The van der Waals surface area contributed by atoms with Gasteiger partial charge in [-0.1, -0.05) is 12.1 Å². The zero-order valence-electron chi connectivity index (χ0n) is 17.1. The van der Waals surface area contributed by atoms with E-state index in [1.807, 2.05) is 50.4 Å². The molecule has 1 aliphatic heterocycles. The zero-order valence-corrected chi connectivity index (χ0v) is 17.9. The van der Waals surface area contributed by atoms with Crippen molar-refractivity contribution in [2.75, 3.05) is 31.6 Å². The van der Waals surface area contributed by atoms with E-state index in [0.717, 1.165) is 24.3 Å². The van der Waals surface area contributed by atoms with Crippen LogP contribution < -0.4 is 10.6 Å². The molecule has 0 aliphatic carbocycles. The Hall–Kier alpha value is -1.93. The number of ether oxygens (including phenoxy) is 2. The van der Waals surface area contributed by atoms with Crippen LogP contribution in [0.1, 0.15) is 32.3 Å². The van der Waals surface area contributed by atoms with Crippen LogP contribution in [0.15, 0.2) is 42.7 Å². The molecule has 7 nitrogen and oxygen atoms in total. The van der Waals surface area contributed by atoms with Crippen molar-refractivity contribution < 1.29 is 14.3 Å². The summed E-state index contributed by atoms with van der Waals surface area (Å²) < 4.78 is 12.9. The van der Waals surface area contributed by atoms with Crippen LogP contribution in [-0.2, 0) is 26.4 Å². The number of nitrogens with one attached hydrogen (secondary N) is 2. The quantitative estimate of drug-likeness (QED) is 0.607. The number of amides is 1. The number of hydrogen-bond acceptors (Lipinski definition) is 5. The summed E-state index contributed by atoms with van der Waals surface area (Å²) in [6.45, 7) is 7.20. The van der Waals surface area contributed by atoms with E-state index in [9.17, 15) is 4.79 Å². The SMILES string of the molecule is CC(C)OCCOCc1cccc(NC(=O)C2(n3cccn3)CCNCC2)c1.Cl. The molecule has 1 amide bonds. The van der Waals surface area contributed by atoms with E-state index in [-0.39, 0.29) is 24.4 Å². The molecule has 1 aliphatic rings. The Morgan fingerprint density at radius 2 is 2.07 bits per heavy atom. The highest BCUT2D eigenvalue weighted by Gasteiger charge is 2.42. The van der Waals surface area contributed by atoms with Gasteiger partial charge in [0.1, 0.15) is 5.54 Å². The van der Waals surface area contributed by atoms with Crippen LogP contribution in [0.2, 0.25) is 0 Å². The highest BCUT2D eigenvalue weighted by Crippen LogP contribution is 2.29. The summed E-state index contributed by atoms with van der Waals surface area (Å²) in [4.78, 5) is 13.2. The summed E-state index contributed by atoms with van der Waals surface area (Å²) >= 11 is 0. The van der Waals surface area contributed by atoms with Gasteiger partial charge < -0.3 is 20.1 Å². The van der Waals surface area contributed by atoms with Crippen LogP contribution in [-0.4, -0.2) is 48.1 Å². The van der Waals surface area contributed by atoms with Crippen molar-refractivity contribution in [2.24, 2.45) is 0 Å². The molecule has 0 atom stereocenters. The number of nitrogens with zero attached hydrogens (tertiary/aromatic N) is 2. The molecule has 2 N–H and O–H groups in total. The minimum Gasteiger partial charge on any atom is -0.376 e. The molecule has 160 valence electrons. The average Bonchev–Trinajstić information content (AvgIpc) is 3.24. The summed E-state index contributed by atoms with van der Waals surface area (Å²) in [6.07, 6.45) is 5.21. The molecule has 1 aromatic heterocycles. The number of piperidine rings is 1. The third-order valence-corrected chi connectivity index (χ3v) is 4.93. The van der Waals surface area contributed by atoms with Gasteiger partial charge in [0.2, 0.25) is 0 Å². The van der Waals surface area contributed by atoms with Crippen molar-refractivity contribution in [2.45, 2.75) is 44.9 Å². The molecule has 1 aromatic carbocycles. The first-order chi connectivity index (χ1) is 13.6. The van der Waals surface area contributed by atoms with Crippen molar-refractivity contribution in [1.29, 1.82) is 0 Å². The summed E-state index contributed by atoms with van der Waals surface area (Å²) in [6, 6.07) is 9.65. The molecular weight excluding hydrogens is 392 g/mol. The first-order valence-corrected chi connectivity index (χ1v) is 9.91. The monoisotopic (exact) mass is 422 g/mol. The van der Waals surface area contributed by atoms with Gasteiger partial charge in [0.25, 0.3) is 5.91 Å². The normalized spacial score (nSPS) is 15.7. The smallest absolute Gasteiger partial charge is 0.252 e. The van der Waals surface area contributed by atoms with Crippen LogP contribution >= 0.6 is 12.4 Å². The maximum Gasteiger partial charge on any atom is 0.252 e. The second kappa shape index (κ2) is 11.3. The standard InChI is InChI=1S/C21H30N4O3.ClH/c1-17(2)28-14-13-27-16-18-5-3-6-19(15-18)24-20(26)21(7-10-22-11-8-21)25-12-4-9-23-25;/h3-6,9,12,15,17,22H,7-8,10-11,13-14,16H2,1-2H3,(H,24,26);1H. The lowest BCUT2D eigenvalue weighted by Gasteiger charge is -2.36. The summed E-state index contributed by atoms with van der Waals surface area (Å²) in [5.41, 5.74) is 1.13. The van der Waals surface area contributed by atoms with Crippen molar-refractivity contribution in [3.05, 3.63) is 48.3 Å². The second-order valence-corrected chi connectivity index (χ2v) is 7.36. The number of rotatable bonds is 9. The molecule has 0 spiro atoms. The Morgan fingerprint density at radius 1 is 1.28 bits per heavy atom. The Balaban J connectivity index is 0.00000300.